The van der Waals surface area contributed by atoms with Crippen LogP contribution in [0.2, 0.25) is 10.0 Å². The molecule has 3 rings (SSSR count). The average Bonchev–Trinajstić information content (AvgIpc) is 2.58. The van der Waals surface area contributed by atoms with E-state index < -0.39 is 0 Å². The van der Waals surface area contributed by atoms with E-state index >= 15 is 0 Å². The van der Waals surface area contributed by atoms with Crippen LogP contribution in [0.1, 0.15) is 22.8 Å². The number of halogens is 2. The van der Waals surface area contributed by atoms with E-state index in [1.54, 1.807) is 42.5 Å². The molecule has 0 spiro atoms. The average molecular weight is 388 g/mol. The van der Waals surface area contributed by atoms with Gasteiger partial charge in [-0.2, -0.15) is 0 Å². The highest BCUT2D eigenvalue weighted by molar-refractivity contribution is 6.36. The van der Waals surface area contributed by atoms with Crippen molar-refractivity contribution < 1.29 is 14.3 Å². The van der Waals surface area contributed by atoms with Crippen molar-refractivity contribution in [2.45, 2.75) is 6.92 Å². The first-order valence-electron chi connectivity index (χ1n) is 7.85. The third-order valence-electron chi connectivity index (χ3n) is 3.68. The van der Waals surface area contributed by atoms with E-state index in [2.05, 4.69) is 5.32 Å². The lowest BCUT2D eigenvalue weighted by molar-refractivity contribution is -0.114. The highest BCUT2D eigenvalue weighted by Gasteiger charge is 2.15. The topological polar surface area (TPSA) is 55.4 Å². The summed E-state index contributed by atoms with van der Waals surface area (Å²) >= 11 is 12.1. The number of amides is 1. The maximum Gasteiger partial charge on any atom is 0.221 e. The molecule has 1 N–H and O–H groups in total. The first-order valence-corrected chi connectivity index (χ1v) is 8.60. The van der Waals surface area contributed by atoms with Gasteiger partial charge in [-0.15, -0.1) is 0 Å². The van der Waals surface area contributed by atoms with E-state index in [4.69, 9.17) is 27.9 Å². The smallest absolute Gasteiger partial charge is 0.221 e. The van der Waals surface area contributed by atoms with Crippen LogP contribution >= 0.6 is 23.2 Å². The van der Waals surface area contributed by atoms with Gasteiger partial charge in [0.25, 0.3) is 0 Å². The largest absolute Gasteiger partial charge is 0.487 e. The Balaban J connectivity index is 1.78. The Morgan fingerprint density at radius 3 is 2.77 bits per heavy atom. The van der Waals surface area contributed by atoms with Gasteiger partial charge in [0.15, 0.2) is 5.78 Å². The zero-order chi connectivity index (χ0) is 18.7. The molecule has 0 fully saturated rings. The quantitative estimate of drug-likeness (QED) is 0.581. The second kappa shape index (κ2) is 7.77. The summed E-state index contributed by atoms with van der Waals surface area (Å²) in [7, 11) is 0. The van der Waals surface area contributed by atoms with Gasteiger partial charge in [-0.3, -0.25) is 9.59 Å². The number of fused-ring (bicyclic) bond motifs is 1. The van der Waals surface area contributed by atoms with Crippen LogP contribution in [0, 0.1) is 0 Å². The molecule has 2 aromatic rings. The molecule has 4 nitrogen and oxygen atoms in total. The van der Waals surface area contributed by atoms with Gasteiger partial charge in [0.1, 0.15) is 12.4 Å². The molecule has 0 atom stereocenters. The summed E-state index contributed by atoms with van der Waals surface area (Å²) in [6, 6.07) is 10.2. The summed E-state index contributed by atoms with van der Waals surface area (Å²) in [5.41, 5.74) is 2.65. The van der Waals surface area contributed by atoms with Gasteiger partial charge in [-0.1, -0.05) is 41.4 Å². The molecule has 0 aliphatic carbocycles. The van der Waals surface area contributed by atoms with Crippen LogP contribution in [0.25, 0.3) is 6.08 Å². The van der Waals surface area contributed by atoms with Gasteiger partial charge in [0.05, 0.1) is 5.02 Å². The second-order valence-corrected chi connectivity index (χ2v) is 6.62. The molecular formula is C20H15Cl2NO3. The fourth-order valence-electron chi connectivity index (χ4n) is 2.57. The molecule has 26 heavy (non-hydrogen) atoms. The lowest BCUT2D eigenvalue weighted by Gasteiger charge is -2.17. The number of carbonyl (C=O) groups is 2. The maximum absolute atomic E-state index is 12.4. The molecule has 0 bridgehead atoms. The Hall–Kier alpha value is -2.56. The molecule has 132 valence electrons. The summed E-state index contributed by atoms with van der Waals surface area (Å²) < 4.78 is 5.65. The van der Waals surface area contributed by atoms with Crippen molar-refractivity contribution in [2.24, 2.45) is 0 Å². The predicted molar refractivity (Wildman–Crippen MR) is 104 cm³/mol. The van der Waals surface area contributed by atoms with E-state index in [-0.39, 0.29) is 11.7 Å². The lowest BCUT2D eigenvalue weighted by atomic mass is 10.1. The Morgan fingerprint density at radius 1 is 1.19 bits per heavy atom. The molecule has 6 heteroatoms. The van der Waals surface area contributed by atoms with E-state index in [0.717, 1.165) is 11.1 Å². The Kier molecular flexibility index (Phi) is 5.45. The van der Waals surface area contributed by atoms with Gasteiger partial charge >= 0.3 is 0 Å². The van der Waals surface area contributed by atoms with Crippen molar-refractivity contribution >= 4 is 46.7 Å². The molecule has 2 aromatic carbocycles. The van der Waals surface area contributed by atoms with Gasteiger partial charge in [0, 0.05) is 28.8 Å². The van der Waals surface area contributed by atoms with Crippen molar-refractivity contribution in [3.05, 3.63) is 75.3 Å². The van der Waals surface area contributed by atoms with Crippen LogP contribution in [0.15, 0.2) is 54.1 Å². The van der Waals surface area contributed by atoms with Crippen molar-refractivity contribution in [2.75, 3.05) is 11.9 Å². The zero-order valence-corrected chi connectivity index (χ0v) is 15.4. The standard InChI is InChI=1S/C20H15Cl2NO3/c1-12(24)23-17-4-2-3-14(9-17)19(25)6-5-13-7-15-8-16(21)10-18(22)20(15)26-11-13/h2-10H,11H2,1H3,(H,23,24). The van der Waals surface area contributed by atoms with E-state index in [0.29, 0.717) is 33.7 Å². The third kappa shape index (κ3) is 4.34. The van der Waals surface area contributed by atoms with Crippen LogP contribution in [0.3, 0.4) is 0 Å². The van der Waals surface area contributed by atoms with Crippen LogP contribution in [0.4, 0.5) is 5.69 Å². The van der Waals surface area contributed by atoms with Crippen LogP contribution in [-0.4, -0.2) is 18.3 Å². The minimum atomic E-state index is -0.189. The summed E-state index contributed by atoms with van der Waals surface area (Å²) in [5, 5.41) is 3.63. The number of rotatable bonds is 4. The monoisotopic (exact) mass is 387 g/mol. The van der Waals surface area contributed by atoms with Crippen LogP contribution < -0.4 is 10.1 Å². The van der Waals surface area contributed by atoms with E-state index in [1.807, 2.05) is 6.08 Å². The molecule has 1 aliphatic rings. The maximum atomic E-state index is 12.4. The van der Waals surface area contributed by atoms with Crippen molar-refractivity contribution in [1.82, 2.24) is 0 Å². The molecule has 0 radical (unpaired) electrons. The highest BCUT2D eigenvalue weighted by atomic mass is 35.5. The number of nitrogens with one attached hydrogen (secondary N) is 1. The minimum Gasteiger partial charge on any atom is -0.487 e. The molecule has 0 saturated heterocycles. The predicted octanol–water partition coefficient (Wildman–Crippen LogP) is 5.17. The van der Waals surface area contributed by atoms with E-state index in [9.17, 15) is 9.59 Å². The van der Waals surface area contributed by atoms with E-state index in [1.165, 1.54) is 13.0 Å². The first-order chi connectivity index (χ1) is 12.4. The Bertz CT molecular complexity index is 948. The van der Waals surface area contributed by atoms with Gasteiger partial charge < -0.3 is 10.1 Å². The summed E-state index contributed by atoms with van der Waals surface area (Å²) in [6.07, 6.45) is 5.05. The van der Waals surface area contributed by atoms with Gasteiger partial charge in [0.2, 0.25) is 5.91 Å². The summed E-state index contributed by atoms with van der Waals surface area (Å²) in [6.45, 7) is 1.73. The Morgan fingerprint density at radius 2 is 2.00 bits per heavy atom. The summed E-state index contributed by atoms with van der Waals surface area (Å²) in [4.78, 5) is 23.5. The van der Waals surface area contributed by atoms with Crippen LogP contribution in [0.5, 0.6) is 5.75 Å². The fourth-order valence-corrected chi connectivity index (χ4v) is 3.13. The van der Waals surface area contributed by atoms with Gasteiger partial charge in [-0.05, 0) is 42.0 Å². The molecule has 1 aliphatic heterocycles. The number of benzene rings is 2. The number of ketones is 1. The van der Waals surface area contributed by atoms with Crippen molar-refractivity contribution in [1.29, 1.82) is 0 Å². The number of allylic oxidation sites excluding steroid dienone is 1. The lowest BCUT2D eigenvalue weighted by Crippen LogP contribution is -2.07. The Labute approximate surface area is 161 Å². The molecule has 1 amide bonds. The molecule has 1 heterocycles. The molecular weight excluding hydrogens is 373 g/mol. The third-order valence-corrected chi connectivity index (χ3v) is 4.18. The SMILES string of the molecule is CC(=O)Nc1cccc(C(=O)C=CC2=Cc3cc(Cl)cc(Cl)c3OC2)c1. The number of carbonyl (C=O) groups excluding carboxylic acids is 2. The highest BCUT2D eigenvalue weighted by Crippen LogP contribution is 2.36. The molecule has 0 unspecified atom stereocenters. The van der Waals surface area contributed by atoms with Crippen molar-refractivity contribution in [3.8, 4) is 5.75 Å². The first kappa shape index (κ1) is 18.2. The van der Waals surface area contributed by atoms with Crippen LogP contribution in [-0.2, 0) is 4.79 Å². The second-order valence-electron chi connectivity index (χ2n) is 5.77. The number of anilines is 1. The number of hydrogen-bond acceptors (Lipinski definition) is 3. The molecule has 0 aromatic heterocycles. The number of hydrogen-bond donors (Lipinski definition) is 1. The van der Waals surface area contributed by atoms with Crippen molar-refractivity contribution in [3.63, 3.8) is 0 Å². The fraction of sp³-hybridized carbons (Fsp3) is 0.100. The zero-order valence-electron chi connectivity index (χ0n) is 13.9. The summed E-state index contributed by atoms with van der Waals surface area (Å²) in [5.74, 6) is 0.223. The normalized spacial score (nSPS) is 13.0. The number of ether oxygens (including phenoxy) is 1. The molecule has 0 saturated carbocycles. The minimum absolute atomic E-state index is 0.173. The van der Waals surface area contributed by atoms with Gasteiger partial charge in [-0.25, -0.2) is 0 Å².